The molecule has 2 aromatic carbocycles. The first-order valence-electron chi connectivity index (χ1n) is 12.0. The van der Waals surface area contributed by atoms with Crippen molar-refractivity contribution < 1.29 is 22.8 Å². The fraction of sp³-hybridized carbons (Fsp3) is 0.407. The maximum Gasteiger partial charge on any atom is 0.405 e. The highest BCUT2D eigenvalue weighted by molar-refractivity contribution is 5.98. The standard InChI is InChI=1S/C27H28F3N3O2/c28-27(29,30)18-31-25(35)26(13-11-19-7-2-4-10-23(19)26)12-5-6-14-32-16-21(17-32)33-15-20-8-1-3-9-22(20)24(33)34/h1-4,7-11,13,21H,5-6,12,14-18H2,(H,31,35). The normalized spacial score (nSPS) is 21.7. The van der Waals surface area contributed by atoms with E-state index in [0.717, 1.165) is 48.3 Å². The molecule has 0 radical (unpaired) electrons. The molecule has 2 amide bonds. The predicted octanol–water partition coefficient (Wildman–Crippen LogP) is 4.14. The SMILES string of the molecule is O=C1c2ccccc2CN1C1CN(CCCCC2(C(=O)NCC(F)(F)F)C=Cc3ccccc32)C1. The van der Waals surface area contributed by atoms with Gasteiger partial charge in [-0.3, -0.25) is 14.5 Å². The second kappa shape index (κ2) is 9.15. The third-order valence-electron chi connectivity index (χ3n) is 7.37. The van der Waals surface area contributed by atoms with Crippen LogP contribution in [0.2, 0.25) is 0 Å². The van der Waals surface area contributed by atoms with E-state index in [-0.39, 0.29) is 11.9 Å². The average molecular weight is 484 g/mol. The van der Waals surface area contributed by atoms with Crippen molar-refractivity contribution in [2.75, 3.05) is 26.2 Å². The van der Waals surface area contributed by atoms with E-state index < -0.39 is 24.0 Å². The Kier molecular flexibility index (Phi) is 6.17. The van der Waals surface area contributed by atoms with Crippen molar-refractivity contribution >= 4 is 17.9 Å². The smallest absolute Gasteiger partial charge is 0.346 e. The van der Waals surface area contributed by atoms with Crippen molar-refractivity contribution in [2.24, 2.45) is 0 Å². The van der Waals surface area contributed by atoms with Crippen LogP contribution in [-0.2, 0) is 16.8 Å². The summed E-state index contributed by atoms with van der Waals surface area (Å²) in [5.74, 6) is -0.504. The number of benzene rings is 2. The van der Waals surface area contributed by atoms with Crippen LogP contribution in [0.1, 0.15) is 46.3 Å². The number of amides is 2. The Bertz CT molecular complexity index is 1160. The number of halogens is 3. The van der Waals surface area contributed by atoms with Gasteiger partial charge in [0.15, 0.2) is 0 Å². The van der Waals surface area contributed by atoms with Gasteiger partial charge in [0, 0.05) is 25.2 Å². The first-order valence-corrected chi connectivity index (χ1v) is 12.0. The van der Waals surface area contributed by atoms with Gasteiger partial charge in [0.2, 0.25) is 5.91 Å². The number of carbonyl (C=O) groups is 2. The molecule has 1 N–H and O–H groups in total. The van der Waals surface area contributed by atoms with Crippen LogP contribution < -0.4 is 5.32 Å². The molecule has 0 spiro atoms. The Morgan fingerprint density at radius 3 is 2.57 bits per heavy atom. The van der Waals surface area contributed by atoms with Gasteiger partial charge < -0.3 is 10.2 Å². The summed E-state index contributed by atoms with van der Waals surface area (Å²) < 4.78 is 38.2. The highest BCUT2D eigenvalue weighted by atomic mass is 19.4. The third-order valence-corrected chi connectivity index (χ3v) is 7.37. The fourth-order valence-electron chi connectivity index (χ4n) is 5.47. The average Bonchev–Trinajstić information content (AvgIpc) is 3.35. The highest BCUT2D eigenvalue weighted by Crippen LogP contribution is 2.40. The van der Waals surface area contributed by atoms with Crippen molar-refractivity contribution in [3.05, 3.63) is 76.9 Å². The first-order chi connectivity index (χ1) is 16.8. The zero-order valence-corrected chi connectivity index (χ0v) is 19.4. The van der Waals surface area contributed by atoms with Crippen molar-refractivity contribution in [3.8, 4) is 0 Å². The Balaban J connectivity index is 1.14. The number of fused-ring (bicyclic) bond motifs is 2. The summed E-state index contributed by atoms with van der Waals surface area (Å²) in [5, 5.41) is 2.10. The minimum absolute atomic E-state index is 0.101. The largest absolute Gasteiger partial charge is 0.405 e. The van der Waals surface area contributed by atoms with Crippen molar-refractivity contribution in [1.29, 1.82) is 0 Å². The van der Waals surface area contributed by atoms with Crippen LogP contribution in [0.4, 0.5) is 13.2 Å². The van der Waals surface area contributed by atoms with Gasteiger partial charge in [-0.2, -0.15) is 13.2 Å². The van der Waals surface area contributed by atoms with E-state index in [1.165, 1.54) is 0 Å². The second-order valence-electron chi connectivity index (χ2n) is 9.65. The minimum atomic E-state index is -4.45. The lowest BCUT2D eigenvalue weighted by Crippen LogP contribution is -2.59. The van der Waals surface area contributed by atoms with Gasteiger partial charge >= 0.3 is 6.18 Å². The van der Waals surface area contributed by atoms with Crippen molar-refractivity contribution in [2.45, 2.75) is 43.4 Å². The molecule has 0 saturated carbocycles. The van der Waals surface area contributed by atoms with Crippen LogP contribution in [0.15, 0.2) is 54.6 Å². The molecule has 3 aliphatic rings. The Morgan fingerprint density at radius 2 is 1.80 bits per heavy atom. The molecule has 1 aliphatic carbocycles. The van der Waals surface area contributed by atoms with Crippen LogP contribution >= 0.6 is 0 Å². The van der Waals surface area contributed by atoms with E-state index in [0.29, 0.717) is 19.4 Å². The van der Waals surface area contributed by atoms with Crippen molar-refractivity contribution in [3.63, 3.8) is 0 Å². The topological polar surface area (TPSA) is 52.7 Å². The van der Waals surface area contributed by atoms with E-state index in [4.69, 9.17) is 0 Å². The first kappa shape index (κ1) is 23.6. The number of hydrogen-bond donors (Lipinski definition) is 1. The summed E-state index contributed by atoms with van der Waals surface area (Å²) in [7, 11) is 0. The number of rotatable bonds is 8. The Hall–Kier alpha value is -3.13. The molecule has 1 saturated heterocycles. The summed E-state index contributed by atoms with van der Waals surface area (Å²) in [4.78, 5) is 29.9. The molecule has 0 bridgehead atoms. The lowest BCUT2D eigenvalue weighted by atomic mass is 9.77. The van der Waals surface area contributed by atoms with Gasteiger partial charge in [-0.15, -0.1) is 0 Å². The molecule has 8 heteroatoms. The lowest BCUT2D eigenvalue weighted by Gasteiger charge is -2.44. The van der Waals surface area contributed by atoms with Crippen molar-refractivity contribution in [1.82, 2.24) is 15.1 Å². The van der Waals surface area contributed by atoms with E-state index in [2.05, 4.69) is 10.2 Å². The molecule has 2 aromatic rings. The number of carbonyl (C=O) groups excluding carboxylic acids is 2. The molecule has 1 fully saturated rings. The summed E-state index contributed by atoms with van der Waals surface area (Å²) >= 11 is 0. The molecule has 1 unspecified atom stereocenters. The van der Waals surface area contributed by atoms with Crippen LogP contribution in [0, 0.1) is 0 Å². The van der Waals surface area contributed by atoms with E-state index in [9.17, 15) is 22.8 Å². The molecule has 0 aromatic heterocycles. The third kappa shape index (κ3) is 4.59. The maximum atomic E-state index is 13.0. The summed E-state index contributed by atoms with van der Waals surface area (Å²) in [5.41, 5.74) is 2.43. The zero-order chi connectivity index (χ0) is 24.6. The predicted molar refractivity (Wildman–Crippen MR) is 127 cm³/mol. The summed E-state index contributed by atoms with van der Waals surface area (Å²) in [6.45, 7) is 1.79. The maximum absolute atomic E-state index is 13.0. The number of likely N-dealkylation sites (tertiary alicyclic amines) is 1. The number of nitrogens with one attached hydrogen (secondary N) is 1. The number of alkyl halides is 3. The summed E-state index contributed by atoms with van der Waals surface area (Å²) in [6.07, 6.45) is 1.10. The molecular formula is C27H28F3N3O2. The van der Waals surface area contributed by atoms with Crippen LogP contribution in [-0.4, -0.2) is 60.0 Å². The zero-order valence-electron chi connectivity index (χ0n) is 19.4. The molecule has 5 rings (SSSR count). The molecule has 1 atom stereocenters. The molecule has 184 valence electrons. The Labute approximate surface area is 202 Å². The molecule has 5 nitrogen and oxygen atoms in total. The van der Waals surface area contributed by atoms with Crippen LogP contribution in [0.5, 0.6) is 0 Å². The molecular weight excluding hydrogens is 455 g/mol. The van der Waals surface area contributed by atoms with Gasteiger partial charge in [-0.1, -0.05) is 61.0 Å². The van der Waals surface area contributed by atoms with Crippen LogP contribution in [0.25, 0.3) is 6.08 Å². The molecule has 2 heterocycles. The highest BCUT2D eigenvalue weighted by Gasteiger charge is 2.43. The van der Waals surface area contributed by atoms with Gasteiger partial charge in [-0.05, 0) is 42.1 Å². The molecule has 2 aliphatic heterocycles. The van der Waals surface area contributed by atoms with E-state index >= 15 is 0 Å². The minimum Gasteiger partial charge on any atom is -0.346 e. The van der Waals surface area contributed by atoms with E-state index in [1.54, 1.807) is 6.08 Å². The number of hydrogen-bond acceptors (Lipinski definition) is 3. The molecule has 35 heavy (non-hydrogen) atoms. The van der Waals surface area contributed by atoms with E-state index in [1.807, 2.05) is 59.5 Å². The Morgan fingerprint density at radius 1 is 1.06 bits per heavy atom. The lowest BCUT2D eigenvalue weighted by molar-refractivity contribution is -0.141. The second-order valence-corrected chi connectivity index (χ2v) is 9.65. The van der Waals surface area contributed by atoms with Gasteiger partial charge in [-0.25, -0.2) is 0 Å². The van der Waals surface area contributed by atoms with Gasteiger partial charge in [0.1, 0.15) is 6.54 Å². The summed E-state index contributed by atoms with van der Waals surface area (Å²) in [6, 6.07) is 15.3. The quantitative estimate of drug-likeness (QED) is 0.575. The van der Waals surface area contributed by atoms with Gasteiger partial charge in [0.05, 0.1) is 11.5 Å². The number of unbranched alkanes of at least 4 members (excludes halogenated alkanes) is 1. The van der Waals surface area contributed by atoms with Gasteiger partial charge in [0.25, 0.3) is 5.91 Å². The van der Waals surface area contributed by atoms with Crippen LogP contribution in [0.3, 0.4) is 0 Å². The fourth-order valence-corrected chi connectivity index (χ4v) is 5.47. The monoisotopic (exact) mass is 483 g/mol. The number of nitrogens with zero attached hydrogens (tertiary/aromatic N) is 2.